The molecule has 2 heterocycles. The van der Waals surface area contributed by atoms with Gasteiger partial charge in [-0.05, 0) is 44.2 Å². The first-order chi connectivity index (χ1) is 13.8. The van der Waals surface area contributed by atoms with Gasteiger partial charge in [-0.25, -0.2) is 0 Å². The maximum atomic E-state index is 12.9. The van der Waals surface area contributed by atoms with Crippen LogP contribution >= 0.6 is 0 Å². The summed E-state index contributed by atoms with van der Waals surface area (Å²) in [6.45, 7) is 3.65. The maximum Gasteiger partial charge on any atom is 0.261 e. The Morgan fingerprint density at radius 2 is 1.76 bits per heavy atom. The van der Waals surface area contributed by atoms with E-state index in [4.69, 9.17) is 5.73 Å². The number of aryl methyl sites for hydroxylation is 3. The molecule has 0 spiro atoms. The van der Waals surface area contributed by atoms with Crippen LogP contribution in [0.15, 0.2) is 42.6 Å². The largest absolute Gasteiger partial charge is 0.368 e. The third kappa shape index (κ3) is 4.18. The summed E-state index contributed by atoms with van der Waals surface area (Å²) in [5, 5.41) is 9.44. The number of hydrogen-bond acceptors (Lipinski definition) is 4. The van der Waals surface area contributed by atoms with Crippen molar-refractivity contribution < 1.29 is 14.4 Å². The minimum Gasteiger partial charge on any atom is -0.368 e. The Hall–Kier alpha value is -3.88. The zero-order valence-corrected chi connectivity index (χ0v) is 16.4. The van der Waals surface area contributed by atoms with Crippen LogP contribution in [-0.4, -0.2) is 38.6 Å². The number of nitrogens with zero attached hydrogens (tertiary/aromatic N) is 3. The van der Waals surface area contributed by atoms with Gasteiger partial charge >= 0.3 is 0 Å². The summed E-state index contributed by atoms with van der Waals surface area (Å²) >= 11 is 0. The maximum absolute atomic E-state index is 12.9. The van der Waals surface area contributed by atoms with Crippen LogP contribution in [0.2, 0.25) is 0 Å². The lowest BCUT2D eigenvalue weighted by Gasteiger charge is -2.13. The van der Waals surface area contributed by atoms with Gasteiger partial charge in [0.1, 0.15) is 11.4 Å². The van der Waals surface area contributed by atoms with E-state index in [1.165, 1.54) is 12.3 Å². The summed E-state index contributed by atoms with van der Waals surface area (Å²) in [5.41, 5.74) is 8.14. The minimum atomic E-state index is -0.637. The number of carbonyl (C=O) groups excluding carboxylic acids is 3. The first-order valence-electron chi connectivity index (χ1n) is 8.93. The molecule has 0 saturated heterocycles. The predicted molar refractivity (Wildman–Crippen MR) is 108 cm³/mol. The molecule has 0 bridgehead atoms. The van der Waals surface area contributed by atoms with Crippen molar-refractivity contribution in [3.8, 4) is 5.82 Å². The predicted octanol–water partition coefficient (Wildman–Crippen LogP) is 1.30. The molecule has 2 aromatic heterocycles. The molecule has 150 valence electrons. The van der Waals surface area contributed by atoms with Crippen molar-refractivity contribution in [2.45, 2.75) is 13.8 Å². The number of nitrogens with two attached hydrogens (primary N) is 1. The van der Waals surface area contributed by atoms with Gasteiger partial charge in [-0.1, -0.05) is 6.07 Å². The molecule has 1 aromatic carbocycles. The third-order valence-electron chi connectivity index (χ3n) is 4.44. The highest BCUT2D eigenvalue weighted by Crippen LogP contribution is 2.21. The molecular formula is C20H22N6O3. The van der Waals surface area contributed by atoms with Gasteiger partial charge in [0.2, 0.25) is 5.91 Å². The summed E-state index contributed by atoms with van der Waals surface area (Å²) in [6.07, 6.45) is 1.51. The number of amides is 3. The van der Waals surface area contributed by atoms with Crippen LogP contribution in [0.1, 0.15) is 32.1 Å². The van der Waals surface area contributed by atoms with E-state index in [0.29, 0.717) is 22.6 Å². The normalized spacial score (nSPS) is 10.6. The standard InChI is InChI=1S/C20H22N6O3/c1-12-7-8-13(2)26(12)20-16(10-23-25(20)3)19(29)24-15-6-4-5-14(9-15)18(28)22-11-17(21)27/h4-10H,11H2,1-3H3,(H2,21,27)(H,22,28)(H,24,29). The lowest BCUT2D eigenvalue weighted by Crippen LogP contribution is -2.33. The molecule has 3 aromatic rings. The molecule has 0 saturated carbocycles. The summed E-state index contributed by atoms with van der Waals surface area (Å²) in [7, 11) is 1.77. The topological polar surface area (TPSA) is 124 Å². The van der Waals surface area contributed by atoms with Gasteiger partial charge in [0.05, 0.1) is 12.7 Å². The Morgan fingerprint density at radius 1 is 1.07 bits per heavy atom. The smallest absolute Gasteiger partial charge is 0.261 e. The summed E-state index contributed by atoms with van der Waals surface area (Å²) < 4.78 is 3.60. The third-order valence-corrected chi connectivity index (χ3v) is 4.44. The van der Waals surface area contributed by atoms with E-state index in [2.05, 4.69) is 15.7 Å². The van der Waals surface area contributed by atoms with Crippen LogP contribution < -0.4 is 16.4 Å². The van der Waals surface area contributed by atoms with Crippen molar-refractivity contribution in [3.63, 3.8) is 0 Å². The van der Waals surface area contributed by atoms with Gasteiger partial charge in [0, 0.05) is 29.7 Å². The first-order valence-corrected chi connectivity index (χ1v) is 8.93. The van der Waals surface area contributed by atoms with Gasteiger partial charge in [0.15, 0.2) is 0 Å². The Kier molecular flexibility index (Phi) is 5.49. The van der Waals surface area contributed by atoms with Crippen LogP contribution in [0.3, 0.4) is 0 Å². The minimum absolute atomic E-state index is 0.260. The lowest BCUT2D eigenvalue weighted by atomic mass is 10.1. The summed E-state index contributed by atoms with van der Waals surface area (Å²) in [4.78, 5) is 35.8. The average molecular weight is 394 g/mol. The molecule has 4 N–H and O–H groups in total. The number of anilines is 1. The highest BCUT2D eigenvalue weighted by Gasteiger charge is 2.20. The van der Waals surface area contributed by atoms with Gasteiger partial charge in [0.25, 0.3) is 11.8 Å². The average Bonchev–Trinajstić information content (AvgIpc) is 3.21. The van der Waals surface area contributed by atoms with Gasteiger partial charge in [-0.3, -0.25) is 19.1 Å². The molecule has 9 heteroatoms. The summed E-state index contributed by atoms with van der Waals surface area (Å²) in [5.74, 6) is -0.795. The highest BCUT2D eigenvalue weighted by atomic mass is 16.2. The van der Waals surface area contributed by atoms with E-state index in [-0.39, 0.29) is 12.5 Å². The van der Waals surface area contributed by atoms with Crippen LogP contribution in [0.5, 0.6) is 0 Å². The van der Waals surface area contributed by atoms with Crippen LogP contribution in [0.25, 0.3) is 5.82 Å². The van der Waals surface area contributed by atoms with Crippen molar-refractivity contribution in [2.75, 3.05) is 11.9 Å². The SMILES string of the molecule is Cc1ccc(C)n1-c1c(C(=O)Nc2cccc(C(=O)NCC(N)=O)c2)cnn1C. The van der Waals surface area contributed by atoms with Crippen molar-refractivity contribution in [1.82, 2.24) is 19.7 Å². The van der Waals surface area contributed by atoms with Gasteiger partial charge in [-0.2, -0.15) is 5.10 Å². The number of hydrogen-bond donors (Lipinski definition) is 3. The number of nitrogens with one attached hydrogen (secondary N) is 2. The molecule has 9 nitrogen and oxygen atoms in total. The lowest BCUT2D eigenvalue weighted by molar-refractivity contribution is -0.117. The van der Waals surface area contributed by atoms with Crippen molar-refractivity contribution in [1.29, 1.82) is 0 Å². The van der Waals surface area contributed by atoms with Crippen molar-refractivity contribution >= 4 is 23.4 Å². The van der Waals surface area contributed by atoms with E-state index in [1.54, 1.807) is 29.9 Å². The second-order valence-corrected chi connectivity index (χ2v) is 6.64. The Bertz CT molecular complexity index is 1080. The quantitative estimate of drug-likeness (QED) is 0.583. The van der Waals surface area contributed by atoms with Gasteiger partial charge in [-0.15, -0.1) is 0 Å². The molecule has 0 aliphatic rings. The Labute approximate surface area is 167 Å². The number of benzene rings is 1. The number of primary amides is 1. The molecule has 29 heavy (non-hydrogen) atoms. The monoisotopic (exact) mass is 394 g/mol. The molecule has 3 rings (SSSR count). The van der Waals surface area contributed by atoms with Crippen LogP contribution in [0.4, 0.5) is 5.69 Å². The van der Waals surface area contributed by atoms with E-state index >= 15 is 0 Å². The van der Waals surface area contributed by atoms with E-state index < -0.39 is 11.8 Å². The van der Waals surface area contributed by atoms with Crippen LogP contribution in [0, 0.1) is 13.8 Å². The van der Waals surface area contributed by atoms with E-state index in [0.717, 1.165) is 11.4 Å². The number of rotatable bonds is 6. The second-order valence-electron chi connectivity index (χ2n) is 6.64. The van der Waals surface area contributed by atoms with Crippen molar-refractivity contribution in [2.24, 2.45) is 12.8 Å². The Balaban J connectivity index is 1.85. The van der Waals surface area contributed by atoms with Gasteiger partial charge < -0.3 is 20.9 Å². The molecular weight excluding hydrogens is 372 g/mol. The fraction of sp³-hybridized carbons (Fsp3) is 0.200. The molecule has 3 amide bonds. The van der Waals surface area contributed by atoms with E-state index in [1.807, 2.05) is 30.5 Å². The summed E-state index contributed by atoms with van der Waals surface area (Å²) in [6, 6.07) is 10.4. The molecule has 0 unspecified atom stereocenters. The van der Waals surface area contributed by atoms with Crippen LogP contribution in [-0.2, 0) is 11.8 Å². The molecule has 0 aliphatic heterocycles. The number of carbonyl (C=O) groups is 3. The molecule has 0 radical (unpaired) electrons. The highest BCUT2D eigenvalue weighted by molar-refractivity contribution is 6.07. The second kappa shape index (κ2) is 8.01. The first kappa shape index (κ1) is 19.9. The Morgan fingerprint density at radius 3 is 2.41 bits per heavy atom. The number of aromatic nitrogens is 3. The molecule has 0 atom stereocenters. The zero-order chi connectivity index (χ0) is 21.1. The van der Waals surface area contributed by atoms with E-state index in [9.17, 15) is 14.4 Å². The zero-order valence-electron chi connectivity index (χ0n) is 16.4. The fourth-order valence-electron chi connectivity index (χ4n) is 3.07. The molecule has 0 fully saturated rings. The van der Waals surface area contributed by atoms with Crippen molar-refractivity contribution in [3.05, 3.63) is 65.1 Å². The fourth-order valence-corrected chi connectivity index (χ4v) is 3.07. The molecule has 0 aliphatic carbocycles.